The van der Waals surface area contributed by atoms with Crippen molar-refractivity contribution in [2.45, 2.75) is 5.41 Å². The van der Waals surface area contributed by atoms with E-state index >= 15 is 0 Å². The SMILES string of the molecule is c1ccc(-c2nc(-c3ccccc3)nc(-n3c4ccccc4c4cc(-c5ccc(C(c6ccccc6)(c6ccccc6)c6ccccc6)cc5)ccc43)n2)cc1. The minimum absolute atomic E-state index is 0.499. The van der Waals surface area contributed by atoms with Gasteiger partial charge < -0.3 is 0 Å². The molecule has 0 aliphatic carbocycles. The first kappa shape index (κ1) is 33.2. The minimum atomic E-state index is -0.499. The summed E-state index contributed by atoms with van der Waals surface area (Å²) >= 11 is 0. The molecule has 0 radical (unpaired) electrons. The third-order valence-electron chi connectivity index (χ3n) is 10.8. The van der Waals surface area contributed by atoms with Gasteiger partial charge in [-0.1, -0.05) is 200 Å². The van der Waals surface area contributed by atoms with E-state index in [1.54, 1.807) is 0 Å². The summed E-state index contributed by atoms with van der Waals surface area (Å²) in [6.45, 7) is 0. The standard InChI is InChI=1S/C52H36N4/c1-6-18-38(19-7-1)49-53-50(39-20-8-2-9-21-39)55-51(54-49)56-47-29-17-16-28-45(47)46-36-40(32-35-48(46)56)37-30-33-44(34-31-37)52(41-22-10-3-11-23-41,42-24-12-4-13-25-42)43-26-14-5-15-27-43/h1-36H. The van der Waals surface area contributed by atoms with E-state index in [0.29, 0.717) is 17.6 Å². The third-order valence-corrected chi connectivity index (χ3v) is 10.8. The molecule has 264 valence electrons. The molecule has 4 heteroatoms. The van der Waals surface area contributed by atoms with E-state index in [4.69, 9.17) is 15.0 Å². The van der Waals surface area contributed by atoms with Crippen molar-refractivity contribution in [2.24, 2.45) is 0 Å². The Morgan fingerprint density at radius 2 is 0.714 bits per heavy atom. The van der Waals surface area contributed by atoms with Crippen LogP contribution in [0.5, 0.6) is 0 Å². The number of hydrogen-bond acceptors (Lipinski definition) is 3. The van der Waals surface area contributed by atoms with Crippen LogP contribution in [0.4, 0.5) is 0 Å². The Labute approximate surface area is 326 Å². The quantitative estimate of drug-likeness (QED) is 0.147. The molecule has 0 aliphatic heterocycles. The predicted molar refractivity (Wildman–Crippen MR) is 229 cm³/mol. The Kier molecular flexibility index (Phi) is 8.34. The van der Waals surface area contributed by atoms with Crippen molar-refractivity contribution in [2.75, 3.05) is 0 Å². The molecule has 0 spiro atoms. The Morgan fingerprint density at radius 3 is 1.23 bits per heavy atom. The lowest BCUT2D eigenvalue weighted by Crippen LogP contribution is -2.30. The summed E-state index contributed by atoms with van der Waals surface area (Å²) in [5.41, 5.74) is 10.6. The van der Waals surface area contributed by atoms with E-state index < -0.39 is 5.41 Å². The van der Waals surface area contributed by atoms with E-state index in [9.17, 15) is 0 Å². The molecule has 0 saturated carbocycles. The van der Waals surface area contributed by atoms with Gasteiger partial charge in [0.05, 0.1) is 16.4 Å². The van der Waals surface area contributed by atoms with Crippen LogP contribution in [0.2, 0.25) is 0 Å². The average Bonchev–Trinajstić information content (AvgIpc) is 3.62. The van der Waals surface area contributed by atoms with Crippen molar-refractivity contribution in [3.8, 4) is 39.9 Å². The Balaban J connectivity index is 1.12. The van der Waals surface area contributed by atoms with Crippen molar-refractivity contribution in [1.82, 2.24) is 19.5 Å². The van der Waals surface area contributed by atoms with Gasteiger partial charge in [-0.15, -0.1) is 0 Å². The van der Waals surface area contributed by atoms with Crippen LogP contribution in [0.1, 0.15) is 22.3 Å². The normalized spacial score (nSPS) is 11.6. The second-order valence-electron chi connectivity index (χ2n) is 14.0. The molecule has 0 saturated heterocycles. The second-order valence-corrected chi connectivity index (χ2v) is 14.0. The maximum absolute atomic E-state index is 5.10. The van der Waals surface area contributed by atoms with Gasteiger partial charge in [-0.3, -0.25) is 4.57 Å². The van der Waals surface area contributed by atoms with Crippen molar-refractivity contribution in [3.63, 3.8) is 0 Å². The van der Waals surface area contributed by atoms with Crippen LogP contribution in [0, 0.1) is 0 Å². The van der Waals surface area contributed by atoms with Gasteiger partial charge in [0.15, 0.2) is 11.6 Å². The van der Waals surface area contributed by atoms with E-state index in [2.05, 4.69) is 162 Å². The zero-order valence-corrected chi connectivity index (χ0v) is 30.6. The number of hydrogen-bond donors (Lipinski definition) is 0. The molecule has 10 rings (SSSR count). The third kappa shape index (κ3) is 5.67. The molecular weight excluding hydrogens is 681 g/mol. The van der Waals surface area contributed by atoms with Crippen molar-refractivity contribution in [3.05, 3.63) is 241 Å². The molecule has 0 unspecified atom stereocenters. The fourth-order valence-electron chi connectivity index (χ4n) is 8.24. The molecule has 56 heavy (non-hydrogen) atoms. The summed E-state index contributed by atoms with van der Waals surface area (Å²) in [6, 6.07) is 77.2. The predicted octanol–water partition coefficient (Wildman–Crippen LogP) is 12.4. The lowest BCUT2D eigenvalue weighted by molar-refractivity contribution is 0.745. The van der Waals surface area contributed by atoms with E-state index in [-0.39, 0.29) is 0 Å². The first-order valence-corrected chi connectivity index (χ1v) is 19.0. The number of fused-ring (bicyclic) bond motifs is 3. The molecule has 0 N–H and O–H groups in total. The highest BCUT2D eigenvalue weighted by Gasteiger charge is 2.38. The van der Waals surface area contributed by atoms with Gasteiger partial charge in [-0.2, -0.15) is 9.97 Å². The molecule has 0 aliphatic rings. The molecule has 2 heterocycles. The van der Waals surface area contributed by atoms with Gasteiger partial charge >= 0.3 is 0 Å². The summed E-state index contributed by atoms with van der Waals surface area (Å²) in [7, 11) is 0. The molecule has 0 fully saturated rings. The number of para-hydroxylation sites is 1. The monoisotopic (exact) mass is 716 g/mol. The number of rotatable bonds is 8. The molecule has 0 atom stereocenters. The highest BCUT2D eigenvalue weighted by atomic mass is 15.2. The molecule has 10 aromatic rings. The van der Waals surface area contributed by atoms with Crippen molar-refractivity contribution in [1.29, 1.82) is 0 Å². The van der Waals surface area contributed by atoms with Crippen LogP contribution in [-0.2, 0) is 5.41 Å². The van der Waals surface area contributed by atoms with Crippen LogP contribution in [0.3, 0.4) is 0 Å². The topological polar surface area (TPSA) is 43.6 Å². The molecule has 0 amide bonds. The molecule has 4 nitrogen and oxygen atoms in total. The number of nitrogens with zero attached hydrogens (tertiary/aromatic N) is 4. The summed E-state index contributed by atoms with van der Waals surface area (Å²) in [5, 5.41) is 2.28. The van der Waals surface area contributed by atoms with Crippen LogP contribution in [0.25, 0.3) is 61.7 Å². The van der Waals surface area contributed by atoms with E-state index in [1.807, 2.05) is 60.7 Å². The highest BCUT2D eigenvalue weighted by Crippen LogP contribution is 2.45. The van der Waals surface area contributed by atoms with E-state index in [0.717, 1.165) is 44.1 Å². The van der Waals surface area contributed by atoms with Gasteiger partial charge in [0.1, 0.15) is 0 Å². The molecule has 8 aromatic carbocycles. The molecular formula is C52H36N4. The smallest absolute Gasteiger partial charge is 0.238 e. The fraction of sp³-hybridized carbons (Fsp3) is 0.0192. The van der Waals surface area contributed by atoms with E-state index in [1.165, 1.54) is 22.3 Å². The van der Waals surface area contributed by atoms with Gasteiger partial charge in [0.2, 0.25) is 5.95 Å². The fourth-order valence-corrected chi connectivity index (χ4v) is 8.24. The first-order valence-electron chi connectivity index (χ1n) is 19.0. The lowest BCUT2D eigenvalue weighted by Gasteiger charge is -2.37. The van der Waals surface area contributed by atoms with Gasteiger partial charge in [0.25, 0.3) is 0 Å². The van der Waals surface area contributed by atoms with Gasteiger partial charge in [-0.05, 0) is 51.6 Å². The first-order chi connectivity index (χ1) is 27.8. The summed E-state index contributed by atoms with van der Waals surface area (Å²) in [4.78, 5) is 15.1. The molecule has 2 aromatic heterocycles. The number of aromatic nitrogens is 4. The zero-order chi connectivity index (χ0) is 37.3. The van der Waals surface area contributed by atoms with Crippen LogP contribution in [0.15, 0.2) is 218 Å². The Morgan fingerprint density at radius 1 is 0.304 bits per heavy atom. The summed E-state index contributed by atoms with van der Waals surface area (Å²) < 4.78 is 2.17. The van der Waals surface area contributed by atoms with Crippen molar-refractivity contribution >= 4 is 21.8 Å². The summed E-state index contributed by atoms with van der Waals surface area (Å²) in [5.74, 6) is 1.85. The van der Waals surface area contributed by atoms with Crippen molar-refractivity contribution < 1.29 is 0 Å². The highest BCUT2D eigenvalue weighted by molar-refractivity contribution is 6.10. The zero-order valence-electron chi connectivity index (χ0n) is 30.6. The lowest BCUT2D eigenvalue weighted by atomic mass is 9.65. The molecule has 0 bridgehead atoms. The Hall–Kier alpha value is -7.43. The summed E-state index contributed by atoms with van der Waals surface area (Å²) in [6.07, 6.45) is 0. The van der Waals surface area contributed by atoms with Gasteiger partial charge in [0, 0.05) is 21.9 Å². The van der Waals surface area contributed by atoms with Gasteiger partial charge in [-0.25, -0.2) is 4.98 Å². The number of benzene rings is 8. The second kappa shape index (κ2) is 14.1. The average molecular weight is 717 g/mol. The Bertz CT molecular complexity index is 2770. The van der Waals surface area contributed by atoms with Crippen LogP contribution >= 0.6 is 0 Å². The maximum Gasteiger partial charge on any atom is 0.238 e. The van der Waals surface area contributed by atoms with Crippen LogP contribution in [-0.4, -0.2) is 19.5 Å². The largest absolute Gasteiger partial charge is 0.278 e. The minimum Gasteiger partial charge on any atom is -0.278 e. The maximum atomic E-state index is 5.10. The van der Waals surface area contributed by atoms with Crippen LogP contribution < -0.4 is 0 Å².